The Hall–Kier alpha value is -0.330. The van der Waals surface area contributed by atoms with Crippen LogP contribution in [0.25, 0.3) is 0 Å². The lowest BCUT2D eigenvalue weighted by Crippen LogP contribution is -2.46. The summed E-state index contributed by atoms with van der Waals surface area (Å²) >= 11 is 0. The van der Waals surface area contributed by atoms with Crippen LogP contribution in [0.1, 0.15) is 86.0 Å². The van der Waals surface area contributed by atoms with E-state index in [0.717, 1.165) is 38.0 Å². The number of Topliss-reactive ketones (excluding diaryl/α,β-unsaturated/α-hetero) is 1. The van der Waals surface area contributed by atoms with Crippen LogP contribution in [0.15, 0.2) is 11.6 Å². The van der Waals surface area contributed by atoms with Gasteiger partial charge < -0.3 is 0 Å². The molecular formula is C23H40O4S2. The number of hydrogen-bond donors (Lipinski definition) is 1. The highest BCUT2D eigenvalue weighted by Gasteiger charge is 2.56. The lowest BCUT2D eigenvalue weighted by Gasteiger charge is -2.52. The van der Waals surface area contributed by atoms with Crippen molar-refractivity contribution in [3.05, 3.63) is 11.6 Å². The summed E-state index contributed by atoms with van der Waals surface area (Å²) in [6.45, 7) is 10.8. The maximum absolute atomic E-state index is 12.8. The first-order chi connectivity index (χ1) is 13.7. The Kier molecular flexibility index (Phi) is 8.87. The molecule has 168 valence electrons. The molecule has 0 amide bonds. The molecule has 6 unspecified atom stereocenters. The molecule has 3 aliphatic carbocycles. The van der Waals surface area contributed by atoms with Crippen molar-refractivity contribution in [2.75, 3.05) is 5.75 Å². The van der Waals surface area contributed by atoms with Gasteiger partial charge in [-0.3, -0.25) is 9.35 Å². The van der Waals surface area contributed by atoms with Crippen LogP contribution in [0.4, 0.5) is 0 Å². The molecule has 29 heavy (non-hydrogen) atoms. The van der Waals surface area contributed by atoms with Crippen LogP contribution >= 0.6 is 10.8 Å². The fourth-order valence-electron chi connectivity index (χ4n) is 6.75. The average molecular weight is 445 g/mol. The number of fused-ring (bicyclic) bond motifs is 3. The molecule has 2 saturated carbocycles. The highest BCUT2D eigenvalue weighted by Crippen LogP contribution is 2.63. The first-order valence-electron chi connectivity index (χ1n) is 11.5. The SMILES string of the molecule is CC.CCCC1C(CC)=CCC2C1CCC1(C)C(C(=O)CSS(=O)(=O)O)CCC21. The smallest absolute Gasteiger partial charge is 0.298 e. The van der Waals surface area contributed by atoms with Crippen molar-refractivity contribution >= 4 is 25.7 Å². The fraction of sp³-hybridized carbons (Fsp3) is 0.870. The predicted octanol–water partition coefficient (Wildman–Crippen LogP) is 6.33. The zero-order valence-corrected chi connectivity index (χ0v) is 20.4. The lowest BCUT2D eigenvalue weighted by atomic mass is 9.52. The number of ketones is 1. The largest absolute Gasteiger partial charge is 0.320 e. The van der Waals surface area contributed by atoms with E-state index in [1.165, 1.54) is 19.3 Å². The summed E-state index contributed by atoms with van der Waals surface area (Å²) in [6, 6.07) is 0. The number of rotatable bonds is 7. The van der Waals surface area contributed by atoms with E-state index >= 15 is 0 Å². The number of allylic oxidation sites excluding steroid dienone is 2. The van der Waals surface area contributed by atoms with E-state index < -0.39 is 9.15 Å². The zero-order valence-electron chi connectivity index (χ0n) is 18.8. The van der Waals surface area contributed by atoms with Crippen LogP contribution < -0.4 is 0 Å². The fourth-order valence-corrected chi connectivity index (χ4v) is 8.01. The minimum absolute atomic E-state index is 0.00628. The quantitative estimate of drug-likeness (QED) is 0.282. The van der Waals surface area contributed by atoms with E-state index in [9.17, 15) is 13.2 Å². The monoisotopic (exact) mass is 444 g/mol. The van der Waals surface area contributed by atoms with E-state index in [1.54, 1.807) is 5.57 Å². The van der Waals surface area contributed by atoms with Crippen LogP contribution in [0.5, 0.6) is 0 Å². The zero-order chi connectivity index (χ0) is 21.8. The number of hydrogen-bond acceptors (Lipinski definition) is 4. The van der Waals surface area contributed by atoms with Gasteiger partial charge in [0, 0.05) is 16.7 Å². The molecule has 1 N–H and O–H groups in total. The second-order valence-corrected chi connectivity index (χ2v) is 12.4. The third kappa shape index (κ3) is 5.30. The summed E-state index contributed by atoms with van der Waals surface area (Å²) in [5.74, 6) is 2.53. The highest BCUT2D eigenvalue weighted by molar-refractivity contribution is 8.70. The van der Waals surface area contributed by atoms with Gasteiger partial charge in [-0.05, 0) is 74.0 Å². The summed E-state index contributed by atoms with van der Waals surface area (Å²) in [5.41, 5.74) is 1.64. The van der Waals surface area contributed by atoms with E-state index in [1.807, 2.05) is 13.8 Å². The van der Waals surface area contributed by atoms with E-state index in [-0.39, 0.29) is 22.9 Å². The van der Waals surface area contributed by atoms with Crippen molar-refractivity contribution in [1.29, 1.82) is 0 Å². The van der Waals surface area contributed by atoms with Crippen LogP contribution in [-0.2, 0) is 13.9 Å². The van der Waals surface area contributed by atoms with Crippen molar-refractivity contribution in [2.24, 2.45) is 35.0 Å². The molecular weight excluding hydrogens is 404 g/mol. The maximum Gasteiger partial charge on any atom is 0.320 e. The molecule has 0 aromatic carbocycles. The van der Waals surface area contributed by atoms with Gasteiger partial charge in [-0.25, -0.2) is 0 Å². The highest BCUT2D eigenvalue weighted by atomic mass is 33.1. The van der Waals surface area contributed by atoms with E-state index in [2.05, 4.69) is 26.8 Å². The van der Waals surface area contributed by atoms with Crippen LogP contribution in [-0.4, -0.2) is 24.5 Å². The van der Waals surface area contributed by atoms with Gasteiger partial charge in [-0.2, -0.15) is 8.42 Å². The molecule has 0 aliphatic heterocycles. The minimum Gasteiger partial charge on any atom is -0.298 e. The Morgan fingerprint density at radius 3 is 2.48 bits per heavy atom. The lowest BCUT2D eigenvalue weighted by molar-refractivity contribution is -0.126. The molecule has 6 atom stereocenters. The Morgan fingerprint density at radius 2 is 1.90 bits per heavy atom. The second-order valence-electron chi connectivity index (χ2n) is 9.03. The summed E-state index contributed by atoms with van der Waals surface area (Å²) in [6.07, 6.45) is 11.5. The Labute approximate surface area is 181 Å². The van der Waals surface area contributed by atoms with Gasteiger partial charge in [-0.15, -0.1) is 0 Å². The van der Waals surface area contributed by atoms with Crippen molar-refractivity contribution in [1.82, 2.24) is 0 Å². The molecule has 0 aromatic heterocycles. The van der Waals surface area contributed by atoms with Crippen molar-refractivity contribution < 1.29 is 17.8 Å². The normalized spacial score (nSPS) is 36.3. The summed E-state index contributed by atoms with van der Waals surface area (Å²) in [7, 11) is -3.78. The van der Waals surface area contributed by atoms with Gasteiger partial charge in [0.05, 0.1) is 5.75 Å². The first kappa shape index (κ1) is 24.9. The molecule has 6 heteroatoms. The Morgan fingerprint density at radius 1 is 1.21 bits per heavy atom. The summed E-state index contributed by atoms with van der Waals surface area (Å²) < 4.78 is 31.0. The van der Waals surface area contributed by atoms with Crippen LogP contribution in [0.2, 0.25) is 0 Å². The van der Waals surface area contributed by atoms with Crippen molar-refractivity contribution in [3.8, 4) is 0 Å². The third-order valence-corrected chi connectivity index (χ3v) is 9.83. The predicted molar refractivity (Wildman–Crippen MR) is 122 cm³/mol. The average Bonchev–Trinajstić information content (AvgIpc) is 3.05. The third-order valence-electron chi connectivity index (χ3n) is 7.88. The molecule has 0 aromatic rings. The van der Waals surface area contributed by atoms with Gasteiger partial charge >= 0.3 is 9.15 Å². The van der Waals surface area contributed by atoms with Crippen molar-refractivity contribution in [3.63, 3.8) is 0 Å². The number of carbonyl (C=O) groups is 1. The molecule has 0 bridgehead atoms. The van der Waals surface area contributed by atoms with Gasteiger partial charge in [0.15, 0.2) is 0 Å². The van der Waals surface area contributed by atoms with Gasteiger partial charge in [0.1, 0.15) is 5.78 Å². The number of carbonyl (C=O) groups excluding carboxylic acids is 1. The molecule has 2 fully saturated rings. The molecule has 0 saturated heterocycles. The second kappa shape index (κ2) is 10.3. The van der Waals surface area contributed by atoms with Gasteiger partial charge in [-0.1, -0.05) is 52.7 Å². The van der Waals surface area contributed by atoms with Gasteiger partial charge in [0.25, 0.3) is 0 Å². The van der Waals surface area contributed by atoms with Crippen LogP contribution in [0, 0.1) is 35.0 Å². The van der Waals surface area contributed by atoms with Crippen LogP contribution in [0.3, 0.4) is 0 Å². The summed E-state index contributed by atoms with van der Waals surface area (Å²) in [5, 5.41) is 0. The van der Waals surface area contributed by atoms with Gasteiger partial charge in [0.2, 0.25) is 0 Å². The molecule has 4 nitrogen and oxygen atoms in total. The topological polar surface area (TPSA) is 71.4 Å². The molecule has 3 aliphatic rings. The van der Waals surface area contributed by atoms with E-state index in [0.29, 0.717) is 28.5 Å². The minimum atomic E-state index is -4.15. The molecule has 0 heterocycles. The first-order valence-corrected chi connectivity index (χ1v) is 14.5. The standard InChI is InChI=1S/C21H34O4S2.C2H6/c1-4-6-15-14(5-2)7-8-17-16(15)11-12-21(3)18(17)9-10-19(21)20(22)13-26-27(23,24)25;1-2/h7,15-19H,4-6,8-13H2,1-3H3,(H,23,24,25);1-2H3. The Balaban J connectivity index is 0.00000145. The maximum atomic E-state index is 12.8. The molecule has 0 radical (unpaired) electrons. The van der Waals surface area contributed by atoms with E-state index in [4.69, 9.17) is 4.55 Å². The Bertz CT molecular complexity index is 700. The summed E-state index contributed by atoms with van der Waals surface area (Å²) in [4.78, 5) is 12.8. The molecule has 3 rings (SSSR count). The molecule has 0 spiro atoms. The van der Waals surface area contributed by atoms with Crippen molar-refractivity contribution in [2.45, 2.75) is 86.0 Å².